The van der Waals surface area contributed by atoms with Crippen molar-refractivity contribution in [1.29, 1.82) is 0 Å². The van der Waals surface area contributed by atoms with Gasteiger partial charge in [-0.3, -0.25) is 4.79 Å². The molecule has 1 N–H and O–H groups in total. The first-order valence-corrected chi connectivity index (χ1v) is 7.67. The second-order valence-corrected chi connectivity index (χ2v) is 6.01. The highest BCUT2D eigenvalue weighted by atomic mass is 32.1. The maximum absolute atomic E-state index is 12.1. The normalized spacial score (nSPS) is 12.4. The summed E-state index contributed by atoms with van der Waals surface area (Å²) in [6.07, 6.45) is 0.940. The van der Waals surface area contributed by atoms with Crippen molar-refractivity contribution in [2.75, 3.05) is 0 Å². The van der Waals surface area contributed by atoms with E-state index in [4.69, 9.17) is 0 Å². The average molecular weight is 280 g/mol. The Hall–Kier alpha value is -1.20. The van der Waals surface area contributed by atoms with Gasteiger partial charge < -0.3 is 5.32 Å². The number of nitrogens with one attached hydrogen (secondary N) is 1. The van der Waals surface area contributed by atoms with Gasteiger partial charge in [0.05, 0.1) is 21.6 Å². The molecule has 2 heterocycles. The van der Waals surface area contributed by atoms with Crippen LogP contribution in [0.25, 0.3) is 0 Å². The van der Waals surface area contributed by atoms with Crippen LogP contribution in [0.1, 0.15) is 45.8 Å². The molecule has 96 valence electrons. The van der Waals surface area contributed by atoms with E-state index >= 15 is 0 Å². The monoisotopic (exact) mass is 280 g/mol. The van der Waals surface area contributed by atoms with Crippen LogP contribution in [0.15, 0.2) is 16.8 Å². The van der Waals surface area contributed by atoms with Crippen LogP contribution in [-0.4, -0.2) is 10.9 Å². The maximum Gasteiger partial charge on any atom is 0.262 e. The van der Waals surface area contributed by atoms with E-state index in [-0.39, 0.29) is 11.9 Å². The molecule has 18 heavy (non-hydrogen) atoms. The summed E-state index contributed by atoms with van der Waals surface area (Å²) >= 11 is 3.12. The lowest BCUT2D eigenvalue weighted by Crippen LogP contribution is -2.26. The van der Waals surface area contributed by atoms with Crippen LogP contribution in [0.4, 0.5) is 0 Å². The molecule has 2 aromatic heterocycles. The summed E-state index contributed by atoms with van der Waals surface area (Å²) in [5.41, 5.74) is 1.97. The Morgan fingerprint density at radius 1 is 1.50 bits per heavy atom. The minimum atomic E-state index is -0.0458. The molecular weight excluding hydrogens is 264 g/mol. The summed E-state index contributed by atoms with van der Waals surface area (Å²) in [5, 5.41) is 8.06. The van der Waals surface area contributed by atoms with Gasteiger partial charge in [-0.2, -0.15) is 0 Å². The first-order valence-electron chi connectivity index (χ1n) is 5.91. The molecule has 0 radical (unpaired) electrons. The van der Waals surface area contributed by atoms with Gasteiger partial charge in [-0.15, -0.1) is 22.7 Å². The van der Waals surface area contributed by atoms with E-state index in [1.54, 1.807) is 11.3 Å². The van der Waals surface area contributed by atoms with E-state index in [9.17, 15) is 4.79 Å². The van der Waals surface area contributed by atoms with E-state index in [2.05, 4.69) is 17.2 Å². The zero-order valence-corrected chi connectivity index (χ0v) is 12.3. The highest BCUT2D eigenvalue weighted by Crippen LogP contribution is 2.20. The molecule has 0 aromatic carbocycles. The third-order valence-corrected chi connectivity index (χ3v) is 4.76. The van der Waals surface area contributed by atoms with E-state index in [0.29, 0.717) is 0 Å². The molecule has 0 saturated heterocycles. The molecule has 2 aromatic rings. The Bertz CT molecular complexity index is 545. The molecule has 3 nitrogen and oxygen atoms in total. The molecule has 0 bridgehead atoms. The molecule has 0 saturated carbocycles. The highest BCUT2D eigenvalue weighted by Gasteiger charge is 2.16. The molecule has 1 amide bonds. The first-order chi connectivity index (χ1) is 8.61. The zero-order valence-electron chi connectivity index (χ0n) is 10.7. The fourth-order valence-corrected chi connectivity index (χ4v) is 3.29. The molecule has 0 spiro atoms. The summed E-state index contributed by atoms with van der Waals surface area (Å²) in [6.45, 7) is 6.00. The van der Waals surface area contributed by atoms with Crippen molar-refractivity contribution < 1.29 is 4.79 Å². The lowest BCUT2D eigenvalue weighted by atomic mass is 10.2. The Balaban J connectivity index is 2.05. The third-order valence-electron chi connectivity index (χ3n) is 2.73. The van der Waals surface area contributed by atoms with Crippen molar-refractivity contribution in [1.82, 2.24) is 10.3 Å². The van der Waals surface area contributed by atoms with Crippen LogP contribution >= 0.6 is 22.7 Å². The Morgan fingerprint density at radius 3 is 2.83 bits per heavy atom. The van der Waals surface area contributed by atoms with Crippen molar-refractivity contribution in [2.24, 2.45) is 0 Å². The fourth-order valence-electron chi connectivity index (χ4n) is 1.63. The van der Waals surface area contributed by atoms with E-state index in [0.717, 1.165) is 27.6 Å². The van der Waals surface area contributed by atoms with E-state index in [1.165, 1.54) is 11.3 Å². The van der Waals surface area contributed by atoms with Gasteiger partial charge in [0, 0.05) is 5.38 Å². The standard InChI is InChI=1S/C13H16N2OS2/c1-4-11-15-10(7-18-11)9(3)14-13(16)12-8(2)5-6-17-12/h5-7,9H,4H2,1-3H3,(H,14,16)/t9-/m1/s1. The number of amides is 1. The lowest BCUT2D eigenvalue weighted by molar-refractivity contribution is 0.0943. The van der Waals surface area contributed by atoms with E-state index in [1.807, 2.05) is 30.7 Å². The van der Waals surface area contributed by atoms with Crippen molar-refractivity contribution in [2.45, 2.75) is 33.2 Å². The molecule has 0 unspecified atom stereocenters. The second-order valence-electron chi connectivity index (χ2n) is 4.15. The summed E-state index contributed by atoms with van der Waals surface area (Å²) in [6, 6.07) is 1.91. The quantitative estimate of drug-likeness (QED) is 0.930. The molecule has 0 aliphatic carbocycles. The number of carbonyl (C=O) groups is 1. The lowest BCUT2D eigenvalue weighted by Gasteiger charge is -2.11. The van der Waals surface area contributed by atoms with Gasteiger partial charge in [0.1, 0.15) is 0 Å². The molecule has 2 rings (SSSR count). The number of hydrogen-bond donors (Lipinski definition) is 1. The van der Waals surface area contributed by atoms with Gasteiger partial charge in [0.15, 0.2) is 0 Å². The van der Waals surface area contributed by atoms with Crippen molar-refractivity contribution in [3.05, 3.63) is 38.0 Å². The number of carbonyl (C=O) groups excluding carboxylic acids is 1. The van der Waals surface area contributed by atoms with Crippen molar-refractivity contribution in [3.8, 4) is 0 Å². The molecule has 5 heteroatoms. The Labute approximate surface area is 115 Å². The van der Waals surface area contributed by atoms with Gasteiger partial charge in [-0.05, 0) is 37.3 Å². The van der Waals surface area contributed by atoms with Crippen LogP contribution in [0.2, 0.25) is 0 Å². The summed E-state index contributed by atoms with van der Waals surface area (Å²) < 4.78 is 0. The van der Waals surface area contributed by atoms with Crippen LogP contribution in [-0.2, 0) is 6.42 Å². The fraction of sp³-hybridized carbons (Fsp3) is 0.385. The molecule has 0 aliphatic rings. The van der Waals surface area contributed by atoms with Gasteiger partial charge in [0.2, 0.25) is 0 Å². The molecule has 0 aliphatic heterocycles. The van der Waals surface area contributed by atoms with Gasteiger partial charge in [-0.1, -0.05) is 6.92 Å². The van der Waals surface area contributed by atoms with Gasteiger partial charge in [0.25, 0.3) is 5.91 Å². The van der Waals surface area contributed by atoms with Gasteiger partial charge >= 0.3 is 0 Å². The Kier molecular flexibility index (Phi) is 4.14. The van der Waals surface area contributed by atoms with E-state index < -0.39 is 0 Å². The molecular formula is C13H16N2OS2. The van der Waals surface area contributed by atoms with Crippen molar-refractivity contribution in [3.63, 3.8) is 0 Å². The summed E-state index contributed by atoms with van der Waals surface area (Å²) in [4.78, 5) is 17.3. The average Bonchev–Trinajstić information content (AvgIpc) is 2.96. The molecule has 1 atom stereocenters. The molecule has 0 fully saturated rings. The largest absolute Gasteiger partial charge is 0.343 e. The number of rotatable bonds is 4. The van der Waals surface area contributed by atoms with Crippen LogP contribution in [0, 0.1) is 6.92 Å². The number of thiophene rings is 1. The van der Waals surface area contributed by atoms with Crippen LogP contribution in [0.5, 0.6) is 0 Å². The number of hydrogen-bond acceptors (Lipinski definition) is 4. The first kappa shape index (κ1) is 13.2. The predicted molar refractivity (Wildman–Crippen MR) is 76.4 cm³/mol. The third kappa shape index (κ3) is 2.79. The topological polar surface area (TPSA) is 42.0 Å². The summed E-state index contributed by atoms with van der Waals surface area (Å²) in [7, 11) is 0. The number of aryl methyl sites for hydroxylation is 2. The predicted octanol–water partition coefficient (Wildman–Crippen LogP) is 3.57. The van der Waals surface area contributed by atoms with Crippen LogP contribution < -0.4 is 5.32 Å². The Morgan fingerprint density at radius 2 is 2.28 bits per heavy atom. The minimum Gasteiger partial charge on any atom is -0.343 e. The van der Waals surface area contributed by atoms with Crippen molar-refractivity contribution >= 4 is 28.6 Å². The number of thiazole rings is 1. The maximum atomic E-state index is 12.1. The minimum absolute atomic E-state index is 0.0129. The summed E-state index contributed by atoms with van der Waals surface area (Å²) in [5.74, 6) is -0.0129. The zero-order chi connectivity index (χ0) is 13.1. The van der Waals surface area contributed by atoms with Gasteiger partial charge in [-0.25, -0.2) is 4.98 Å². The SMILES string of the molecule is CCc1nc([C@@H](C)NC(=O)c2sccc2C)cs1. The second kappa shape index (κ2) is 5.63. The smallest absolute Gasteiger partial charge is 0.262 e. The highest BCUT2D eigenvalue weighted by molar-refractivity contribution is 7.12. The number of aromatic nitrogens is 1. The van der Waals surface area contributed by atoms with Crippen LogP contribution in [0.3, 0.4) is 0 Å². The number of nitrogens with zero attached hydrogens (tertiary/aromatic N) is 1.